The number of cyclic esters (lactones) is 1. The lowest BCUT2D eigenvalue weighted by Gasteiger charge is -2.28. The molecule has 0 aromatic carbocycles. The number of rotatable bonds is 26. The Labute approximate surface area is 473 Å². The number of nitrogens with two attached hydrogens (primary N) is 3. The quantitative estimate of drug-likeness (QED) is 0.0166. The molecule has 31 nitrogen and oxygen atoms in total. The van der Waals surface area contributed by atoms with Crippen LogP contribution in [0.3, 0.4) is 0 Å². The fourth-order valence-corrected chi connectivity index (χ4v) is 8.05. The highest BCUT2D eigenvalue weighted by Gasteiger charge is 2.41. The van der Waals surface area contributed by atoms with Crippen molar-refractivity contribution in [3.63, 3.8) is 0 Å². The molecule has 81 heavy (non-hydrogen) atoms. The zero-order valence-electron chi connectivity index (χ0n) is 45.7. The van der Waals surface area contributed by atoms with Gasteiger partial charge in [-0.3, -0.25) is 47.9 Å². The number of ether oxygens (including phenoxy) is 1. The molecule has 9 amide bonds. The van der Waals surface area contributed by atoms with Gasteiger partial charge < -0.3 is 100 Å². The summed E-state index contributed by atoms with van der Waals surface area (Å²) in [5.74, 6) is -17.8. The minimum Gasteiger partial charge on any atom is -0.481 e. The number of aliphatic carboxylic acids is 2. The van der Waals surface area contributed by atoms with Crippen LogP contribution in [0.1, 0.15) is 117 Å². The van der Waals surface area contributed by atoms with Gasteiger partial charge in [0.2, 0.25) is 47.3 Å². The van der Waals surface area contributed by atoms with E-state index in [9.17, 15) is 88.2 Å². The smallest absolute Gasteiger partial charge is 0.335 e. The van der Waals surface area contributed by atoms with Crippen molar-refractivity contribution in [3.8, 4) is 0 Å². The van der Waals surface area contributed by atoms with Crippen molar-refractivity contribution in [1.82, 2.24) is 47.9 Å². The number of alkyl halides is 1. The lowest BCUT2D eigenvalue weighted by molar-refractivity contribution is -0.155. The molecule has 0 aromatic rings. The third-order valence-corrected chi connectivity index (χ3v) is 12.8. The summed E-state index contributed by atoms with van der Waals surface area (Å²) in [6.07, 6.45) is -2.79. The van der Waals surface area contributed by atoms with Crippen LogP contribution in [0.15, 0.2) is 11.8 Å². The van der Waals surface area contributed by atoms with E-state index in [1.54, 1.807) is 0 Å². The second kappa shape index (κ2) is 38.9. The average Bonchev–Trinajstić information content (AvgIpc) is 3.41. The number of carbonyl (C=O) groups excluding carboxylic acids is 10. The Bertz CT molecular complexity index is 2160. The van der Waals surface area contributed by atoms with Crippen LogP contribution in [-0.2, 0) is 62.3 Å². The van der Waals surface area contributed by atoms with E-state index in [-0.39, 0.29) is 45.3 Å². The zero-order chi connectivity index (χ0) is 61.4. The van der Waals surface area contributed by atoms with E-state index in [2.05, 4.69) is 44.1 Å². The molecule has 0 radical (unpaired) electrons. The largest absolute Gasteiger partial charge is 0.481 e. The van der Waals surface area contributed by atoms with Crippen LogP contribution in [0.4, 0.5) is 0 Å². The maximum absolute atomic E-state index is 14.1. The highest BCUT2D eigenvalue weighted by Crippen LogP contribution is 2.13. The number of carbonyl (C=O) groups is 12. The zero-order valence-corrected chi connectivity index (χ0v) is 46.5. The molecule has 32 heteroatoms. The number of hydrogen-bond donors (Lipinski definition) is 18. The second-order valence-corrected chi connectivity index (χ2v) is 19.5. The van der Waals surface area contributed by atoms with E-state index < -0.39 is 181 Å². The van der Waals surface area contributed by atoms with Gasteiger partial charge in [0, 0.05) is 0 Å². The molecule has 12 atom stereocenters. The van der Waals surface area contributed by atoms with Gasteiger partial charge in [0.15, 0.2) is 12.1 Å². The number of nitrogens with one attached hydrogen (secondary N) is 9. The minimum absolute atomic E-state index is 0.123. The molecular formula is C49H83ClN12O19. The summed E-state index contributed by atoms with van der Waals surface area (Å²) >= 11 is 5.84. The molecular weight excluding hydrogens is 1100 g/mol. The average molecular weight is 1180 g/mol. The van der Waals surface area contributed by atoms with Gasteiger partial charge >= 0.3 is 17.9 Å². The number of aliphatic hydroxyl groups excluding tert-OH is 4. The van der Waals surface area contributed by atoms with E-state index in [4.69, 9.17) is 33.5 Å². The fraction of sp³-hybridized carbons (Fsp3) is 0.714. The summed E-state index contributed by atoms with van der Waals surface area (Å²) < 4.78 is 5.26. The Morgan fingerprint density at radius 1 is 0.642 bits per heavy atom. The molecule has 460 valence electrons. The van der Waals surface area contributed by atoms with Crippen LogP contribution in [0.5, 0.6) is 0 Å². The number of amides is 9. The molecule has 0 aliphatic carbocycles. The van der Waals surface area contributed by atoms with Gasteiger partial charge in [-0.25, -0.2) is 9.59 Å². The van der Waals surface area contributed by atoms with Gasteiger partial charge in [-0.15, -0.1) is 11.6 Å². The highest BCUT2D eigenvalue weighted by atomic mass is 35.5. The summed E-state index contributed by atoms with van der Waals surface area (Å²) in [6, 6.07) is -15.8. The molecule has 1 rings (SSSR count). The first kappa shape index (κ1) is 72.4. The standard InChI is InChI=1S/C49H83ClN12O19/c1-4-6-7-8-9-10-11-14-26(64)21-34(66)54-32-24-81-49(80)37(33(65)23-50)61-47(77)38(39(69)48(78)79)62-40(70)27(5-2)55-46(76)36(25(3)63)60-43(73)30(17-20-53)57-41(71)28(15-12-13-18-51)56-44(74)31(22-35(67)68)59-42(72)29(16-19-52)58-45(32)75/h5,25-26,28-33,36-39,63-65,69H,4,6-24,51-53H2,1-3H3,(H,54,66)(H,55,76)(H,56,74)(H,57,71)(H,58,75)(H,59,72)(H,60,73)(H,61,77)(H,62,70)(H,67,68)(H,78,79)/b27-5-/t25-,26?,28-,29+,30-,31-,32-,33+,36-,37-,38-,39-/m0/s1. The van der Waals surface area contributed by atoms with Crippen LogP contribution < -0.4 is 65.1 Å². The SMILES string of the molecule is C/C=C1\NC(=O)[C@H]([C@H](C)O)NC(=O)[C@H](CCN)NC(=O)[C@H](CCCCN)NC(=O)[C@H](CC(=O)O)NC(=O)[C@@H](CCN)NC(=O)[C@@H](NC(=O)CC(O)CCCCCCCCC)COC(=O)[C@H]([C@H](O)CCl)NC(=O)[C@H]([C@H](O)C(=O)O)NC1=O. The van der Waals surface area contributed by atoms with Gasteiger partial charge in [0.25, 0.3) is 5.91 Å². The van der Waals surface area contributed by atoms with Crippen LogP contribution in [0, 0.1) is 0 Å². The third kappa shape index (κ3) is 26.7. The number of carboxylic acids is 2. The molecule has 1 aliphatic heterocycles. The van der Waals surface area contributed by atoms with E-state index in [1.807, 2.05) is 10.6 Å². The van der Waals surface area contributed by atoms with Crippen molar-refractivity contribution in [2.24, 2.45) is 17.2 Å². The second-order valence-electron chi connectivity index (χ2n) is 19.2. The number of carboxylic acid groups (broad SMARTS) is 2. The van der Waals surface area contributed by atoms with Crippen molar-refractivity contribution in [3.05, 3.63) is 11.8 Å². The normalized spacial score (nSPS) is 24.8. The molecule has 0 saturated carbocycles. The number of halogens is 1. The van der Waals surface area contributed by atoms with Gasteiger partial charge in [0.1, 0.15) is 54.6 Å². The van der Waals surface area contributed by atoms with Crippen molar-refractivity contribution in [1.29, 1.82) is 0 Å². The molecule has 0 aromatic heterocycles. The first-order chi connectivity index (χ1) is 38.3. The Morgan fingerprint density at radius 3 is 1.68 bits per heavy atom. The molecule has 21 N–H and O–H groups in total. The molecule has 1 fully saturated rings. The lowest BCUT2D eigenvalue weighted by atomic mass is 10.0. The third-order valence-electron chi connectivity index (χ3n) is 12.5. The van der Waals surface area contributed by atoms with Crippen LogP contribution in [0.2, 0.25) is 0 Å². The molecule has 0 spiro atoms. The highest BCUT2D eigenvalue weighted by molar-refractivity contribution is 6.18. The maximum Gasteiger partial charge on any atom is 0.335 e. The minimum atomic E-state index is -2.83. The lowest BCUT2D eigenvalue weighted by Crippen LogP contribution is -2.62. The number of hydrogen-bond acceptors (Lipinski definition) is 20. The van der Waals surface area contributed by atoms with E-state index in [0.29, 0.717) is 12.8 Å². The van der Waals surface area contributed by atoms with Gasteiger partial charge in [-0.1, -0.05) is 57.9 Å². The van der Waals surface area contributed by atoms with E-state index in [1.165, 1.54) is 6.92 Å². The maximum atomic E-state index is 14.1. The molecule has 1 heterocycles. The van der Waals surface area contributed by atoms with E-state index in [0.717, 1.165) is 51.5 Å². The Kier molecular flexibility index (Phi) is 34.8. The first-order valence-electron chi connectivity index (χ1n) is 26.7. The Balaban J connectivity index is 4.06. The molecule has 0 bridgehead atoms. The number of aliphatic hydroxyl groups is 4. The monoisotopic (exact) mass is 1180 g/mol. The number of esters is 1. The molecule has 1 unspecified atom stereocenters. The van der Waals surface area contributed by atoms with Crippen molar-refractivity contribution < 1.29 is 92.9 Å². The molecule has 1 aliphatic rings. The van der Waals surface area contributed by atoms with Crippen molar-refractivity contribution >= 4 is 82.7 Å². The van der Waals surface area contributed by atoms with E-state index >= 15 is 0 Å². The molecule has 1 saturated heterocycles. The summed E-state index contributed by atoms with van der Waals surface area (Å²) in [5.41, 5.74) is 16.4. The fourth-order valence-electron chi connectivity index (χ4n) is 7.87. The van der Waals surface area contributed by atoms with Gasteiger partial charge in [-0.05, 0) is 72.0 Å². The van der Waals surface area contributed by atoms with Crippen LogP contribution >= 0.6 is 11.6 Å². The predicted molar refractivity (Wildman–Crippen MR) is 286 cm³/mol. The van der Waals surface area contributed by atoms with Gasteiger partial charge in [-0.2, -0.15) is 0 Å². The summed E-state index contributed by atoms with van der Waals surface area (Å²) in [6.45, 7) is 2.56. The van der Waals surface area contributed by atoms with Crippen LogP contribution in [0.25, 0.3) is 0 Å². The van der Waals surface area contributed by atoms with Gasteiger partial charge in [0.05, 0.1) is 37.0 Å². The predicted octanol–water partition coefficient (Wildman–Crippen LogP) is -5.94. The first-order valence-corrected chi connectivity index (χ1v) is 27.2. The van der Waals surface area contributed by atoms with Crippen molar-refractivity contribution in [2.75, 3.05) is 32.1 Å². The Morgan fingerprint density at radius 2 is 1.16 bits per heavy atom. The summed E-state index contributed by atoms with van der Waals surface area (Å²) in [4.78, 5) is 162. The number of allylic oxidation sites excluding steroid dienone is 1. The summed E-state index contributed by atoms with van der Waals surface area (Å²) in [5, 5.41) is 82.0. The van der Waals surface area contributed by atoms with Crippen LogP contribution in [-0.4, -0.2) is 207 Å². The topological polar surface area (TPSA) is 522 Å². The van der Waals surface area contributed by atoms with Crippen molar-refractivity contribution in [2.45, 2.75) is 190 Å². The number of unbranched alkanes of at least 4 members (excludes halogenated alkanes) is 7. The summed E-state index contributed by atoms with van der Waals surface area (Å²) in [7, 11) is 0. The Hall–Kier alpha value is -6.61.